The van der Waals surface area contributed by atoms with E-state index < -0.39 is 0 Å². The summed E-state index contributed by atoms with van der Waals surface area (Å²) in [6.45, 7) is 1.59. The first kappa shape index (κ1) is 23.0. The van der Waals surface area contributed by atoms with E-state index in [1.54, 1.807) is 41.8 Å². The summed E-state index contributed by atoms with van der Waals surface area (Å²) in [4.78, 5) is 0. The molecule has 11 heteroatoms. The molecule has 3 rings (SSSR count). The van der Waals surface area contributed by atoms with Gasteiger partial charge in [0.1, 0.15) is 6.61 Å². The van der Waals surface area contributed by atoms with Gasteiger partial charge in [-0.05, 0) is 40.3 Å². The highest BCUT2D eigenvalue weighted by atomic mass is 35.5. The topological polar surface area (TPSA) is 74.1 Å². The van der Waals surface area contributed by atoms with E-state index in [9.17, 15) is 0 Å². The normalized spacial score (nSPS) is 11.0. The van der Waals surface area contributed by atoms with E-state index in [1.165, 1.54) is 0 Å². The number of tetrazole rings is 1. The number of hydrogen-bond donors (Lipinski definition) is 1. The fourth-order valence-electron chi connectivity index (χ4n) is 2.62. The maximum atomic E-state index is 6.46. The number of thioether (sulfide) groups is 1. The Morgan fingerprint density at radius 1 is 1.13 bits per heavy atom. The van der Waals surface area contributed by atoms with Crippen molar-refractivity contribution in [1.29, 1.82) is 0 Å². The number of hydrogen-bond acceptors (Lipinski definition) is 7. The maximum absolute atomic E-state index is 6.46. The zero-order valence-electron chi connectivity index (χ0n) is 16.4. The lowest BCUT2D eigenvalue weighted by molar-refractivity contribution is 0.284. The van der Waals surface area contributed by atoms with E-state index in [1.807, 2.05) is 19.2 Å². The first-order chi connectivity index (χ1) is 14.5. The van der Waals surface area contributed by atoms with Crippen molar-refractivity contribution in [3.05, 3.63) is 56.5 Å². The minimum absolute atomic E-state index is 0.181. The van der Waals surface area contributed by atoms with Crippen molar-refractivity contribution >= 4 is 46.6 Å². The molecule has 1 heterocycles. The molecule has 0 radical (unpaired) electrons. The third kappa shape index (κ3) is 5.92. The van der Waals surface area contributed by atoms with E-state index in [4.69, 9.17) is 44.3 Å². The lowest BCUT2D eigenvalue weighted by atomic mass is 10.2. The molecular formula is C19H20Cl3N5O2S. The highest BCUT2D eigenvalue weighted by Gasteiger charge is 2.14. The second kappa shape index (κ2) is 11.1. The van der Waals surface area contributed by atoms with Crippen molar-refractivity contribution in [2.75, 3.05) is 19.4 Å². The van der Waals surface area contributed by atoms with Gasteiger partial charge in [-0.3, -0.25) is 0 Å². The molecular weight excluding hydrogens is 469 g/mol. The van der Waals surface area contributed by atoms with Crippen molar-refractivity contribution in [1.82, 2.24) is 25.5 Å². The smallest absolute Gasteiger partial charge is 0.209 e. The van der Waals surface area contributed by atoms with Crippen LogP contribution < -0.4 is 14.8 Å². The van der Waals surface area contributed by atoms with Crippen LogP contribution in [0.1, 0.15) is 11.1 Å². The van der Waals surface area contributed by atoms with E-state index in [0.29, 0.717) is 38.7 Å². The van der Waals surface area contributed by atoms with Crippen LogP contribution in [0.4, 0.5) is 0 Å². The first-order valence-corrected chi connectivity index (χ1v) is 11.1. The SMILES string of the molecule is COc1cc(CNCCSc2nnnn2C)cc(Cl)c1OCc1c(Cl)cccc1Cl. The third-order valence-corrected chi connectivity index (χ3v) is 6.13. The van der Waals surface area contributed by atoms with Gasteiger partial charge >= 0.3 is 0 Å². The molecule has 0 aliphatic rings. The second-order valence-corrected chi connectivity index (χ2v) is 8.49. The quantitative estimate of drug-likeness (QED) is 0.329. The molecule has 0 fully saturated rings. The van der Waals surface area contributed by atoms with E-state index in [-0.39, 0.29) is 6.61 Å². The lowest BCUT2D eigenvalue weighted by Crippen LogP contribution is -2.17. The van der Waals surface area contributed by atoms with E-state index >= 15 is 0 Å². The molecule has 0 spiro atoms. The van der Waals surface area contributed by atoms with Crippen LogP contribution in [-0.2, 0) is 20.2 Å². The molecule has 1 N–H and O–H groups in total. The Hall–Kier alpha value is -1.71. The maximum Gasteiger partial charge on any atom is 0.209 e. The molecule has 1 aromatic heterocycles. The number of benzene rings is 2. The fourth-order valence-corrected chi connectivity index (χ4v) is 4.16. The van der Waals surface area contributed by atoms with Crippen LogP contribution >= 0.6 is 46.6 Å². The van der Waals surface area contributed by atoms with Crippen LogP contribution in [0.15, 0.2) is 35.5 Å². The third-order valence-electron chi connectivity index (χ3n) is 4.13. The first-order valence-electron chi connectivity index (χ1n) is 8.97. The summed E-state index contributed by atoms with van der Waals surface area (Å²) in [6.07, 6.45) is 0. The number of halogens is 3. The van der Waals surface area contributed by atoms with Crippen LogP contribution in [-0.4, -0.2) is 39.6 Å². The Bertz CT molecular complexity index is 982. The Labute approximate surface area is 194 Å². The number of aromatic nitrogens is 4. The Balaban J connectivity index is 1.57. The molecule has 160 valence electrons. The highest BCUT2D eigenvalue weighted by molar-refractivity contribution is 7.99. The Morgan fingerprint density at radius 2 is 1.90 bits per heavy atom. The molecule has 0 bridgehead atoms. The predicted octanol–water partition coefficient (Wildman–Crippen LogP) is 4.64. The zero-order chi connectivity index (χ0) is 21.5. The highest BCUT2D eigenvalue weighted by Crippen LogP contribution is 2.38. The number of aryl methyl sites for hydroxylation is 1. The standard InChI is InChI=1S/C19H20Cl3N5O2S/c1-27-19(24-25-26-27)30-7-6-23-10-12-8-16(22)18(17(9-12)28-2)29-11-13-14(20)4-3-5-15(13)21/h3-5,8-9,23H,6-7,10-11H2,1-2H3. The zero-order valence-corrected chi connectivity index (χ0v) is 19.4. The summed E-state index contributed by atoms with van der Waals surface area (Å²) in [5, 5.41) is 17.0. The molecule has 0 saturated carbocycles. The fraction of sp³-hybridized carbons (Fsp3) is 0.316. The minimum Gasteiger partial charge on any atom is -0.493 e. The van der Waals surface area contributed by atoms with Gasteiger partial charge in [-0.2, -0.15) is 0 Å². The van der Waals surface area contributed by atoms with Gasteiger partial charge in [0.15, 0.2) is 11.5 Å². The van der Waals surface area contributed by atoms with Gasteiger partial charge in [0, 0.05) is 41.5 Å². The van der Waals surface area contributed by atoms with Crippen molar-refractivity contribution in [3.63, 3.8) is 0 Å². The van der Waals surface area contributed by atoms with Gasteiger partial charge < -0.3 is 14.8 Å². The molecule has 30 heavy (non-hydrogen) atoms. The molecule has 0 atom stereocenters. The summed E-state index contributed by atoms with van der Waals surface area (Å²) in [6, 6.07) is 9.05. The summed E-state index contributed by atoms with van der Waals surface area (Å²) in [5.41, 5.74) is 1.67. The van der Waals surface area contributed by atoms with Crippen LogP contribution in [0.25, 0.3) is 0 Å². The van der Waals surface area contributed by atoms with Crippen LogP contribution in [0.2, 0.25) is 15.1 Å². The van der Waals surface area contributed by atoms with Gasteiger partial charge in [-0.25, -0.2) is 4.68 Å². The molecule has 0 amide bonds. The van der Waals surface area contributed by atoms with Gasteiger partial charge in [0.25, 0.3) is 0 Å². The Kier molecular flexibility index (Phi) is 8.47. The Morgan fingerprint density at radius 3 is 2.57 bits per heavy atom. The van der Waals surface area contributed by atoms with Crippen LogP contribution in [0.3, 0.4) is 0 Å². The predicted molar refractivity (Wildman–Crippen MR) is 120 cm³/mol. The number of ether oxygens (including phenoxy) is 2. The molecule has 2 aromatic carbocycles. The molecule has 0 aliphatic heterocycles. The summed E-state index contributed by atoms with van der Waals surface area (Å²) < 4.78 is 13.0. The lowest BCUT2D eigenvalue weighted by Gasteiger charge is -2.15. The van der Waals surface area contributed by atoms with E-state index in [0.717, 1.165) is 23.0 Å². The van der Waals surface area contributed by atoms with Gasteiger partial charge in [0.05, 0.1) is 12.1 Å². The number of nitrogens with one attached hydrogen (secondary N) is 1. The summed E-state index contributed by atoms with van der Waals surface area (Å²) in [7, 11) is 3.39. The number of nitrogens with zero attached hydrogens (tertiary/aromatic N) is 4. The van der Waals surface area contributed by atoms with Gasteiger partial charge in [-0.15, -0.1) is 5.10 Å². The van der Waals surface area contributed by atoms with Crippen LogP contribution in [0.5, 0.6) is 11.5 Å². The van der Waals surface area contributed by atoms with Crippen molar-refractivity contribution in [2.45, 2.75) is 18.3 Å². The van der Waals surface area contributed by atoms with Crippen LogP contribution in [0, 0.1) is 0 Å². The summed E-state index contributed by atoms with van der Waals surface area (Å²) in [5.74, 6) is 1.82. The average molecular weight is 489 g/mol. The van der Waals surface area contributed by atoms with Crippen molar-refractivity contribution < 1.29 is 9.47 Å². The molecule has 0 unspecified atom stereocenters. The van der Waals surface area contributed by atoms with Gasteiger partial charge in [-0.1, -0.05) is 52.6 Å². The van der Waals surface area contributed by atoms with E-state index in [2.05, 4.69) is 20.8 Å². The van der Waals surface area contributed by atoms with Crippen molar-refractivity contribution in [2.24, 2.45) is 7.05 Å². The monoisotopic (exact) mass is 487 g/mol. The summed E-state index contributed by atoms with van der Waals surface area (Å²) >= 11 is 20.5. The molecule has 0 saturated heterocycles. The van der Waals surface area contributed by atoms with Gasteiger partial charge in [0.2, 0.25) is 5.16 Å². The molecule has 0 aliphatic carbocycles. The average Bonchev–Trinajstić information content (AvgIpc) is 3.13. The second-order valence-electron chi connectivity index (χ2n) is 6.21. The number of rotatable bonds is 10. The minimum atomic E-state index is 0.181. The van der Waals surface area contributed by atoms with Crippen molar-refractivity contribution in [3.8, 4) is 11.5 Å². The molecule has 7 nitrogen and oxygen atoms in total. The largest absolute Gasteiger partial charge is 0.493 e. The number of methoxy groups -OCH3 is 1. The molecule has 3 aromatic rings.